The molecular formula is C24H24N4OS. The summed E-state index contributed by atoms with van der Waals surface area (Å²) >= 11 is 5.41. The monoisotopic (exact) mass is 416 g/mol. The standard InChI is InChI=1S/C24H24N4OS/c1-17-10-11-21-22(14-17)28-23(27-21)16-29-20-9-5-8-19(15-20)26-24(30)25-13-12-18-6-3-2-4-7-18/h2-11,14-15H,12-13,16H2,1H3,(H,27,28)(H2,25,26,30). The third-order valence-corrected chi connectivity index (χ3v) is 4.94. The lowest BCUT2D eigenvalue weighted by Gasteiger charge is -2.12. The van der Waals surface area contributed by atoms with Crippen molar-refractivity contribution in [1.29, 1.82) is 0 Å². The van der Waals surface area contributed by atoms with Gasteiger partial charge in [-0.1, -0.05) is 42.5 Å². The van der Waals surface area contributed by atoms with Crippen LogP contribution in [0.4, 0.5) is 5.69 Å². The van der Waals surface area contributed by atoms with E-state index < -0.39 is 0 Å². The van der Waals surface area contributed by atoms with Gasteiger partial charge in [-0.3, -0.25) is 0 Å². The van der Waals surface area contributed by atoms with E-state index in [1.165, 1.54) is 11.1 Å². The molecule has 1 heterocycles. The van der Waals surface area contributed by atoms with E-state index in [1.54, 1.807) is 0 Å². The van der Waals surface area contributed by atoms with E-state index in [0.29, 0.717) is 11.7 Å². The topological polar surface area (TPSA) is 62.0 Å². The molecule has 1 aromatic heterocycles. The fourth-order valence-corrected chi connectivity index (χ4v) is 3.42. The maximum absolute atomic E-state index is 5.92. The summed E-state index contributed by atoms with van der Waals surface area (Å²) in [4.78, 5) is 7.88. The summed E-state index contributed by atoms with van der Waals surface area (Å²) in [5, 5.41) is 7.05. The van der Waals surface area contributed by atoms with Crippen molar-refractivity contribution in [1.82, 2.24) is 15.3 Å². The Labute approximate surface area is 181 Å². The average Bonchev–Trinajstić information content (AvgIpc) is 3.15. The molecule has 4 aromatic rings. The maximum Gasteiger partial charge on any atom is 0.170 e. The summed E-state index contributed by atoms with van der Waals surface area (Å²) in [6, 6.07) is 24.2. The molecule has 0 unspecified atom stereocenters. The highest BCUT2D eigenvalue weighted by Crippen LogP contribution is 2.19. The Bertz CT molecular complexity index is 1140. The number of rotatable bonds is 7. The lowest BCUT2D eigenvalue weighted by molar-refractivity contribution is 0.297. The van der Waals surface area contributed by atoms with Crippen LogP contribution in [0.25, 0.3) is 11.0 Å². The number of fused-ring (bicyclic) bond motifs is 1. The minimum Gasteiger partial charge on any atom is -0.486 e. The molecule has 0 aliphatic heterocycles. The molecule has 152 valence electrons. The number of imidazole rings is 1. The first-order chi connectivity index (χ1) is 14.7. The Morgan fingerprint density at radius 2 is 1.90 bits per heavy atom. The van der Waals surface area contributed by atoms with Gasteiger partial charge >= 0.3 is 0 Å². The number of aromatic amines is 1. The van der Waals surface area contributed by atoms with Crippen LogP contribution in [-0.2, 0) is 13.0 Å². The highest BCUT2D eigenvalue weighted by atomic mass is 32.1. The van der Waals surface area contributed by atoms with Gasteiger partial charge in [-0.05, 0) is 61.0 Å². The molecule has 3 N–H and O–H groups in total. The molecule has 3 aromatic carbocycles. The van der Waals surface area contributed by atoms with E-state index in [0.717, 1.165) is 41.3 Å². The van der Waals surface area contributed by atoms with E-state index >= 15 is 0 Å². The van der Waals surface area contributed by atoms with Crippen LogP contribution < -0.4 is 15.4 Å². The zero-order valence-corrected chi connectivity index (χ0v) is 17.6. The summed E-state index contributed by atoms with van der Waals surface area (Å²) in [6.07, 6.45) is 0.919. The van der Waals surface area contributed by atoms with Crippen molar-refractivity contribution in [2.45, 2.75) is 20.0 Å². The molecule has 6 heteroatoms. The molecule has 0 bridgehead atoms. The maximum atomic E-state index is 5.92. The Balaban J connectivity index is 1.29. The molecule has 0 radical (unpaired) electrons. The Kier molecular flexibility index (Phi) is 6.25. The molecule has 0 aliphatic carbocycles. The second-order valence-corrected chi connectivity index (χ2v) is 7.55. The van der Waals surface area contributed by atoms with E-state index in [9.17, 15) is 0 Å². The van der Waals surface area contributed by atoms with E-state index in [4.69, 9.17) is 17.0 Å². The fraction of sp³-hybridized carbons (Fsp3) is 0.167. The number of hydrogen-bond donors (Lipinski definition) is 3. The minimum absolute atomic E-state index is 0.372. The second-order valence-electron chi connectivity index (χ2n) is 7.14. The van der Waals surface area contributed by atoms with Gasteiger partial charge in [0.2, 0.25) is 0 Å². The number of anilines is 1. The lowest BCUT2D eigenvalue weighted by Crippen LogP contribution is -2.30. The summed E-state index contributed by atoms with van der Waals surface area (Å²) in [5.74, 6) is 1.55. The van der Waals surface area contributed by atoms with Gasteiger partial charge in [-0.15, -0.1) is 0 Å². The molecule has 0 aliphatic rings. The molecule has 0 amide bonds. The second kappa shape index (κ2) is 9.41. The van der Waals surface area contributed by atoms with Gasteiger partial charge in [-0.2, -0.15) is 0 Å². The van der Waals surface area contributed by atoms with Gasteiger partial charge < -0.3 is 20.4 Å². The third kappa shape index (κ3) is 5.36. The number of aryl methyl sites for hydroxylation is 1. The predicted octanol–water partition coefficient (Wildman–Crippen LogP) is 4.98. The van der Waals surface area contributed by atoms with Crippen molar-refractivity contribution in [3.8, 4) is 5.75 Å². The molecule has 0 spiro atoms. The summed E-state index contributed by atoms with van der Waals surface area (Å²) in [6.45, 7) is 3.21. The van der Waals surface area contributed by atoms with Crippen molar-refractivity contribution >= 4 is 34.1 Å². The number of nitrogens with zero attached hydrogens (tertiary/aromatic N) is 1. The zero-order valence-electron chi connectivity index (χ0n) is 16.8. The predicted molar refractivity (Wildman–Crippen MR) is 126 cm³/mol. The number of H-pyrrole nitrogens is 1. The van der Waals surface area contributed by atoms with Crippen molar-refractivity contribution in [2.75, 3.05) is 11.9 Å². The van der Waals surface area contributed by atoms with Crippen LogP contribution in [-0.4, -0.2) is 21.6 Å². The van der Waals surface area contributed by atoms with Crippen molar-refractivity contribution in [2.24, 2.45) is 0 Å². The number of nitrogens with one attached hydrogen (secondary N) is 3. The molecule has 0 saturated heterocycles. The third-order valence-electron chi connectivity index (χ3n) is 4.70. The molecule has 30 heavy (non-hydrogen) atoms. The van der Waals surface area contributed by atoms with E-state index in [1.807, 2.05) is 48.5 Å². The van der Waals surface area contributed by atoms with Crippen LogP contribution >= 0.6 is 12.2 Å². The Morgan fingerprint density at radius 3 is 2.77 bits per heavy atom. The molecule has 0 atom stereocenters. The lowest BCUT2D eigenvalue weighted by atomic mass is 10.1. The SMILES string of the molecule is Cc1ccc2nc(COc3cccc(NC(=S)NCCc4ccccc4)c3)[nH]c2c1. The molecule has 0 fully saturated rings. The highest BCUT2D eigenvalue weighted by molar-refractivity contribution is 7.80. The number of ether oxygens (including phenoxy) is 1. The van der Waals surface area contributed by atoms with Crippen molar-refractivity contribution in [3.05, 3.63) is 89.7 Å². The summed E-state index contributed by atoms with van der Waals surface area (Å²) in [5.41, 5.74) is 5.33. The van der Waals surface area contributed by atoms with Crippen LogP contribution in [0.3, 0.4) is 0 Å². The first-order valence-corrected chi connectivity index (χ1v) is 10.3. The van der Waals surface area contributed by atoms with Crippen LogP contribution in [0.15, 0.2) is 72.8 Å². The molecule has 0 saturated carbocycles. The number of thiocarbonyl (C=S) groups is 1. The van der Waals surface area contributed by atoms with Gasteiger partial charge in [0.05, 0.1) is 11.0 Å². The fourth-order valence-electron chi connectivity index (χ4n) is 3.20. The zero-order chi connectivity index (χ0) is 20.8. The van der Waals surface area contributed by atoms with E-state index in [-0.39, 0.29) is 0 Å². The summed E-state index contributed by atoms with van der Waals surface area (Å²) in [7, 11) is 0. The first-order valence-electron chi connectivity index (χ1n) is 9.92. The minimum atomic E-state index is 0.372. The number of benzene rings is 3. The highest BCUT2D eigenvalue weighted by Gasteiger charge is 2.05. The van der Waals surface area contributed by atoms with Gasteiger partial charge in [-0.25, -0.2) is 4.98 Å². The Hall–Kier alpha value is -3.38. The Morgan fingerprint density at radius 1 is 1.03 bits per heavy atom. The average molecular weight is 417 g/mol. The molecule has 5 nitrogen and oxygen atoms in total. The van der Waals surface area contributed by atoms with Gasteiger partial charge in [0, 0.05) is 18.3 Å². The number of hydrogen-bond acceptors (Lipinski definition) is 3. The van der Waals surface area contributed by atoms with Gasteiger partial charge in [0.25, 0.3) is 0 Å². The van der Waals surface area contributed by atoms with Crippen molar-refractivity contribution in [3.63, 3.8) is 0 Å². The van der Waals surface area contributed by atoms with Crippen LogP contribution in [0.1, 0.15) is 17.0 Å². The quantitative estimate of drug-likeness (QED) is 0.371. The largest absolute Gasteiger partial charge is 0.486 e. The van der Waals surface area contributed by atoms with Gasteiger partial charge in [0.1, 0.15) is 18.2 Å². The summed E-state index contributed by atoms with van der Waals surface area (Å²) < 4.78 is 5.92. The molecular weight excluding hydrogens is 392 g/mol. The first kappa shape index (κ1) is 19.9. The van der Waals surface area contributed by atoms with Crippen LogP contribution in [0.2, 0.25) is 0 Å². The van der Waals surface area contributed by atoms with E-state index in [2.05, 4.69) is 51.8 Å². The van der Waals surface area contributed by atoms with Crippen LogP contribution in [0, 0.1) is 6.92 Å². The van der Waals surface area contributed by atoms with Crippen molar-refractivity contribution < 1.29 is 4.74 Å². The molecule has 4 rings (SSSR count). The smallest absolute Gasteiger partial charge is 0.170 e. The van der Waals surface area contributed by atoms with Gasteiger partial charge in [0.15, 0.2) is 5.11 Å². The normalized spacial score (nSPS) is 10.7. The van der Waals surface area contributed by atoms with Crippen LogP contribution in [0.5, 0.6) is 5.75 Å². The number of aromatic nitrogens is 2.